The molecule has 1 aliphatic rings. The summed E-state index contributed by atoms with van der Waals surface area (Å²) in [7, 11) is 0. The van der Waals surface area contributed by atoms with Crippen LogP contribution in [0.3, 0.4) is 0 Å². The van der Waals surface area contributed by atoms with Gasteiger partial charge in [-0.15, -0.1) is 0 Å². The maximum atomic E-state index is 11.3. The van der Waals surface area contributed by atoms with Gasteiger partial charge in [0.25, 0.3) is 0 Å². The molecule has 7 nitrogen and oxygen atoms in total. The van der Waals surface area contributed by atoms with Gasteiger partial charge in [0.15, 0.2) is 17.6 Å². The van der Waals surface area contributed by atoms with E-state index >= 15 is 0 Å². The maximum Gasteiger partial charge on any atom is 0.452 e. The number of azo groups is 1. The summed E-state index contributed by atoms with van der Waals surface area (Å²) in [5, 5.41) is 9.29. The highest BCUT2D eigenvalue weighted by Crippen LogP contribution is 2.09. The summed E-state index contributed by atoms with van der Waals surface area (Å²) in [6, 6.07) is -1.18. The van der Waals surface area contributed by atoms with Crippen molar-refractivity contribution in [2.24, 2.45) is 10.2 Å². The number of Topliss-reactive ketones (excluding diaryl/α,β-unsaturated/α-hetero) is 2. The van der Waals surface area contributed by atoms with Crippen molar-refractivity contribution in [1.29, 1.82) is 0 Å². The summed E-state index contributed by atoms with van der Waals surface area (Å²) in [6.45, 7) is 5.16. The first-order chi connectivity index (χ1) is 7.79. The Kier molecular flexibility index (Phi) is 4.06. The number of hydrogen-bond acceptors (Lipinski definition) is 6. The Balaban J connectivity index is 2.60. The largest absolute Gasteiger partial charge is 0.452 e. The van der Waals surface area contributed by atoms with E-state index in [-0.39, 0.29) is 13.1 Å². The van der Waals surface area contributed by atoms with E-state index in [2.05, 4.69) is 15.5 Å². The molecule has 1 fully saturated rings. The summed E-state index contributed by atoms with van der Waals surface area (Å²) >= 11 is 0. The summed E-state index contributed by atoms with van der Waals surface area (Å²) in [4.78, 5) is 33.8. The molecule has 94 valence electrons. The lowest BCUT2D eigenvalue weighted by molar-refractivity contribution is -0.130. The molecule has 0 aromatic heterocycles. The fraction of sp³-hybridized carbons (Fsp3) is 0.700. The van der Waals surface area contributed by atoms with E-state index in [0.29, 0.717) is 0 Å². The second kappa shape index (κ2) is 5.13. The Morgan fingerprint density at radius 3 is 2.29 bits per heavy atom. The molecule has 0 atom stereocenters. The van der Waals surface area contributed by atoms with Crippen molar-refractivity contribution in [1.82, 2.24) is 5.32 Å². The minimum Gasteiger partial charge on any atom is -0.441 e. The van der Waals surface area contributed by atoms with Crippen molar-refractivity contribution >= 4 is 17.7 Å². The van der Waals surface area contributed by atoms with E-state index in [1.54, 1.807) is 20.8 Å². The van der Waals surface area contributed by atoms with Crippen LogP contribution in [0.2, 0.25) is 0 Å². The molecule has 0 spiro atoms. The lowest BCUT2D eigenvalue weighted by Gasteiger charge is -2.18. The quantitative estimate of drug-likeness (QED) is 0.532. The van der Waals surface area contributed by atoms with Crippen molar-refractivity contribution in [3.63, 3.8) is 0 Å². The molecule has 0 saturated carbocycles. The Morgan fingerprint density at radius 1 is 1.29 bits per heavy atom. The lowest BCUT2D eigenvalue weighted by Crippen LogP contribution is -2.47. The van der Waals surface area contributed by atoms with Crippen LogP contribution in [0, 0.1) is 0 Å². The predicted molar refractivity (Wildman–Crippen MR) is 57.8 cm³/mol. The SMILES string of the molecule is CC(C)(C)OC(=O)N=NC1C(=O)CNCC1=O. The normalized spacial score (nSPS) is 18.8. The molecular weight excluding hydrogens is 226 g/mol. The maximum absolute atomic E-state index is 11.3. The number of carbonyl (C=O) groups is 3. The standard InChI is InChI=1S/C10H15N3O4/c1-10(2,3)17-9(16)13-12-8-6(14)4-11-5-7(8)15/h8,11H,4-5H2,1-3H3. The van der Waals surface area contributed by atoms with E-state index in [9.17, 15) is 14.4 Å². The van der Waals surface area contributed by atoms with Crippen LogP contribution < -0.4 is 5.32 Å². The highest BCUT2D eigenvalue weighted by Gasteiger charge is 2.30. The van der Waals surface area contributed by atoms with E-state index in [1.165, 1.54) is 0 Å². The fourth-order valence-electron chi connectivity index (χ4n) is 1.20. The van der Waals surface area contributed by atoms with Gasteiger partial charge in [-0.05, 0) is 20.8 Å². The van der Waals surface area contributed by atoms with Gasteiger partial charge in [0.2, 0.25) is 0 Å². The molecule has 7 heteroatoms. The van der Waals surface area contributed by atoms with Crippen molar-refractivity contribution in [2.75, 3.05) is 13.1 Å². The second-order valence-electron chi connectivity index (χ2n) is 4.63. The van der Waals surface area contributed by atoms with E-state index in [4.69, 9.17) is 4.74 Å². The van der Waals surface area contributed by atoms with Gasteiger partial charge in [0.05, 0.1) is 13.1 Å². The van der Waals surface area contributed by atoms with Crippen LogP contribution in [0.5, 0.6) is 0 Å². The number of rotatable bonds is 1. The van der Waals surface area contributed by atoms with Crippen LogP contribution in [0.1, 0.15) is 20.8 Å². The smallest absolute Gasteiger partial charge is 0.441 e. The molecule has 0 aromatic rings. The molecule has 1 amide bonds. The molecule has 0 unspecified atom stereocenters. The number of nitrogens with zero attached hydrogens (tertiary/aromatic N) is 2. The topological polar surface area (TPSA) is 97.2 Å². The van der Waals surface area contributed by atoms with E-state index in [0.717, 1.165) is 0 Å². The van der Waals surface area contributed by atoms with Crippen LogP contribution in [0.25, 0.3) is 0 Å². The van der Waals surface area contributed by atoms with Crippen molar-refractivity contribution in [3.8, 4) is 0 Å². The Morgan fingerprint density at radius 2 is 1.82 bits per heavy atom. The average molecular weight is 241 g/mol. The molecule has 1 rings (SSSR count). The third-order valence-corrected chi connectivity index (χ3v) is 1.86. The second-order valence-corrected chi connectivity index (χ2v) is 4.63. The zero-order chi connectivity index (χ0) is 13.1. The Bertz CT molecular complexity index is 354. The van der Waals surface area contributed by atoms with Gasteiger partial charge < -0.3 is 10.1 Å². The van der Waals surface area contributed by atoms with E-state index < -0.39 is 29.3 Å². The first kappa shape index (κ1) is 13.4. The summed E-state index contributed by atoms with van der Waals surface area (Å²) in [5.41, 5.74) is -0.682. The third-order valence-electron chi connectivity index (χ3n) is 1.86. The van der Waals surface area contributed by atoms with Gasteiger partial charge in [-0.1, -0.05) is 5.11 Å². The highest BCUT2D eigenvalue weighted by atomic mass is 16.6. The van der Waals surface area contributed by atoms with Crippen molar-refractivity contribution in [3.05, 3.63) is 0 Å². The zero-order valence-electron chi connectivity index (χ0n) is 10.0. The third kappa shape index (κ3) is 4.39. The number of ketones is 2. The van der Waals surface area contributed by atoms with Gasteiger partial charge in [-0.3, -0.25) is 9.59 Å². The Hall–Kier alpha value is -1.63. The van der Waals surface area contributed by atoms with Gasteiger partial charge in [0, 0.05) is 0 Å². The zero-order valence-corrected chi connectivity index (χ0v) is 10.0. The van der Waals surface area contributed by atoms with Gasteiger partial charge >= 0.3 is 6.09 Å². The Labute approximate surface area is 98.6 Å². The van der Waals surface area contributed by atoms with Crippen LogP contribution in [0.15, 0.2) is 10.2 Å². The van der Waals surface area contributed by atoms with Crippen LogP contribution >= 0.6 is 0 Å². The predicted octanol–water partition coefficient (Wildman–Crippen LogP) is 0.484. The molecule has 0 aliphatic carbocycles. The fourth-order valence-corrected chi connectivity index (χ4v) is 1.20. The highest BCUT2D eigenvalue weighted by molar-refractivity contribution is 6.10. The first-order valence-electron chi connectivity index (χ1n) is 5.19. The number of hydrogen-bond donors (Lipinski definition) is 1. The number of amides is 1. The van der Waals surface area contributed by atoms with Crippen LogP contribution in [-0.4, -0.2) is 42.4 Å². The molecule has 0 aromatic carbocycles. The summed E-state index contributed by atoms with van der Waals surface area (Å²) in [6.07, 6.45) is -0.906. The molecule has 17 heavy (non-hydrogen) atoms. The number of piperidine rings is 1. The van der Waals surface area contributed by atoms with Gasteiger partial charge in [-0.2, -0.15) is 5.11 Å². The molecule has 1 N–H and O–H groups in total. The van der Waals surface area contributed by atoms with Crippen LogP contribution in [-0.2, 0) is 14.3 Å². The molecule has 0 radical (unpaired) electrons. The van der Waals surface area contributed by atoms with E-state index in [1.807, 2.05) is 0 Å². The summed E-state index contributed by atoms with van der Waals surface area (Å²) in [5.74, 6) is -0.790. The van der Waals surface area contributed by atoms with Gasteiger partial charge in [0.1, 0.15) is 5.60 Å². The first-order valence-corrected chi connectivity index (χ1v) is 5.19. The monoisotopic (exact) mass is 241 g/mol. The van der Waals surface area contributed by atoms with Crippen molar-refractivity contribution in [2.45, 2.75) is 32.4 Å². The lowest BCUT2D eigenvalue weighted by atomic mass is 10.1. The molecule has 1 aliphatic heterocycles. The number of ether oxygens (including phenoxy) is 1. The molecular formula is C10H15N3O4. The minimum atomic E-state index is -1.18. The van der Waals surface area contributed by atoms with Crippen LogP contribution in [0.4, 0.5) is 4.79 Å². The number of nitrogens with one attached hydrogen (secondary N) is 1. The molecule has 1 saturated heterocycles. The molecule has 0 bridgehead atoms. The van der Waals surface area contributed by atoms with Gasteiger partial charge in [-0.25, -0.2) is 4.79 Å². The molecule has 1 heterocycles. The van der Waals surface area contributed by atoms with Crippen molar-refractivity contribution < 1.29 is 19.1 Å². The summed E-state index contributed by atoms with van der Waals surface area (Å²) < 4.78 is 4.86. The minimum absolute atomic E-state index is 0.0593. The average Bonchev–Trinajstić information content (AvgIpc) is 2.14. The number of carbonyl (C=O) groups excluding carboxylic acids is 3.